The number of aliphatic hydroxyl groups excluding tert-OH is 2. The first-order valence-electron chi connectivity index (χ1n) is 17.1. The van der Waals surface area contributed by atoms with Crippen molar-refractivity contribution in [3.63, 3.8) is 0 Å². The van der Waals surface area contributed by atoms with Crippen LogP contribution in [0, 0.1) is 0 Å². The lowest BCUT2D eigenvalue weighted by molar-refractivity contribution is -0.161. The van der Waals surface area contributed by atoms with Crippen LogP contribution in [0.15, 0.2) is 72.9 Å². The first kappa shape index (κ1) is 41.3. The Hall–Kier alpha value is -2.70. The number of ether oxygens (including phenoxy) is 2. The standard InChI is InChI=1S/C38H62O6/c1-3-5-7-9-11-13-15-16-17-18-19-20-21-23-25-27-29-35(40)31-32-37(41)43-34-36(33-39)44-38(42)30-28-26-24-22-14-12-10-8-6-4-2/h5,7,11,13,16-17,19-20,23,25,27,29,35-36,39-40H,3-4,6,8-10,12,14-15,18,21-22,24,26,28,30-34H2,1-2H3/b7-5-,13-11-,17-16-,20-19-,25-23-,29-27-/t35?,36-/m0/s1. The molecule has 0 rings (SSSR count). The Morgan fingerprint density at radius 3 is 1.70 bits per heavy atom. The molecule has 2 atom stereocenters. The van der Waals surface area contributed by atoms with Crippen molar-refractivity contribution in [3.05, 3.63) is 72.9 Å². The minimum Gasteiger partial charge on any atom is -0.462 e. The number of hydrogen-bond donors (Lipinski definition) is 2. The predicted octanol–water partition coefficient (Wildman–Crippen LogP) is 9.19. The third kappa shape index (κ3) is 30.7. The van der Waals surface area contributed by atoms with Gasteiger partial charge in [0.2, 0.25) is 0 Å². The number of esters is 2. The fourth-order valence-corrected chi connectivity index (χ4v) is 4.25. The molecular formula is C38H62O6. The van der Waals surface area contributed by atoms with Crippen molar-refractivity contribution in [2.24, 2.45) is 0 Å². The summed E-state index contributed by atoms with van der Waals surface area (Å²) in [5.74, 6) is -0.883. The summed E-state index contributed by atoms with van der Waals surface area (Å²) in [6, 6.07) is 0. The van der Waals surface area contributed by atoms with Gasteiger partial charge in [-0.15, -0.1) is 0 Å². The molecule has 6 nitrogen and oxygen atoms in total. The molecule has 0 aliphatic heterocycles. The molecule has 0 aliphatic carbocycles. The van der Waals surface area contributed by atoms with Gasteiger partial charge < -0.3 is 19.7 Å². The van der Waals surface area contributed by atoms with Crippen LogP contribution in [0.25, 0.3) is 0 Å². The quantitative estimate of drug-likeness (QED) is 0.0378. The zero-order chi connectivity index (χ0) is 32.4. The lowest BCUT2D eigenvalue weighted by atomic mass is 10.1. The molecule has 0 aromatic rings. The smallest absolute Gasteiger partial charge is 0.306 e. The third-order valence-electron chi connectivity index (χ3n) is 6.88. The molecule has 0 saturated heterocycles. The van der Waals surface area contributed by atoms with Crippen LogP contribution in [0.5, 0.6) is 0 Å². The fraction of sp³-hybridized carbons (Fsp3) is 0.632. The Labute approximate surface area is 268 Å². The average molecular weight is 615 g/mol. The molecule has 0 spiro atoms. The van der Waals surface area contributed by atoms with Gasteiger partial charge in [0.1, 0.15) is 6.61 Å². The van der Waals surface area contributed by atoms with Crippen molar-refractivity contribution in [2.75, 3.05) is 13.2 Å². The summed E-state index contributed by atoms with van der Waals surface area (Å²) in [5.41, 5.74) is 0. The van der Waals surface area contributed by atoms with Crippen LogP contribution in [0.2, 0.25) is 0 Å². The molecule has 0 amide bonds. The lowest BCUT2D eigenvalue weighted by Crippen LogP contribution is -2.28. The largest absolute Gasteiger partial charge is 0.462 e. The van der Waals surface area contributed by atoms with Gasteiger partial charge >= 0.3 is 11.9 Å². The molecule has 0 aromatic carbocycles. The number of aliphatic hydroxyl groups is 2. The van der Waals surface area contributed by atoms with Crippen molar-refractivity contribution >= 4 is 11.9 Å². The Balaban J connectivity index is 3.89. The van der Waals surface area contributed by atoms with Gasteiger partial charge in [-0.1, -0.05) is 145 Å². The zero-order valence-electron chi connectivity index (χ0n) is 27.8. The van der Waals surface area contributed by atoms with E-state index in [0.29, 0.717) is 6.42 Å². The molecule has 0 fully saturated rings. The number of allylic oxidation sites excluding steroid dienone is 11. The number of hydrogen-bond acceptors (Lipinski definition) is 6. The summed E-state index contributed by atoms with van der Waals surface area (Å²) in [6.07, 6.45) is 40.1. The molecular weight excluding hydrogens is 552 g/mol. The summed E-state index contributed by atoms with van der Waals surface area (Å²) >= 11 is 0. The summed E-state index contributed by atoms with van der Waals surface area (Å²) in [4.78, 5) is 24.1. The molecule has 0 heterocycles. The first-order valence-corrected chi connectivity index (χ1v) is 17.1. The van der Waals surface area contributed by atoms with Gasteiger partial charge in [0, 0.05) is 12.8 Å². The summed E-state index contributed by atoms with van der Waals surface area (Å²) in [6.45, 7) is 3.76. The van der Waals surface area contributed by atoms with Gasteiger partial charge in [-0.3, -0.25) is 9.59 Å². The van der Waals surface area contributed by atoms with Crippen molar-refractivity contribution in [1.82, 2.24) is 0 Å². The van der Waals surface area contributed by atoms with Gasteiger partial charge in [-0.25, -0.2) is 0 Å². The molecule has 0 radical (unpaired) electrons. The molecule has 1 unspecified atom stereocenters. The number of carbonyl (C=O) groups excluding carboxylic acids is 2. The average Bonchev–Trinajstić information content (AvgIpc) is 3.02. The van der Waals surface area contributed by atoms with Crippen LogP contribution in [-0.2, 0) is 19.1 Å². The normalized spacial score (nSPS) is 13.8. The van der Waals surface area contributed by atoms with Crippen LogP contribution >= 0.6 is 0 Å². The summed E-state index contributed by atoms with van der Waals surface area (Å²) < 4.78 is 10.4. The van der Waals surface area contributed by atoms with Crippen LogP contribution < -0.4 is 0 Å². The zero-order valence-corrected chi connectivity index (χ0v) is 27.8. The highest BCUT2D eigenvalue weighted by Gasteiger charge is 2.16. The number of rotatable bonds is 29. The highest BCUT2D eigenvalue weighted by Crippen LogP contribution is 2.12. The molecule has 250 valence electrons. The maximum absolute atomic E-state index is 12.1. The second-order valence-corrected chi connectivity index (χ2v) is 11.1. The fourth-order valence-electron chi connectivity index (χ4n) is 4.25. The second kappa shape index (κ2) is 33.2. The van der Waals surface area contributed by atoms with E-state index in [1.807, 2.05) is 12.2 Å². The lowest BCUT2D eigenvalue weighted by Gasteiger charge is -2.16. The first-order chi connectivity index (χ1) is 21.5. The second-order valence-electron chi connectivity index (χ2n) is 11.1. The molecule has 0 aromatic heterocycles. The third-order valence-corrected chi connectivity index (χ3v) is 6.88. The van der Waals surface area contributed by atoms with Gasteiger partial charge in [0.25, 0.3) is 0 Å². The number of unbranched alkanes of at least 4 members (excludes halogenated alkanes) is 9. The van der Waals surface area contributed by atoms with Crippen LogP contribution in [0.1, 0.15) is 129 Å². The Kier molecular flexibility index (Phi) is 31.2. The van der Waals surface area contributed by atoms with Gasteiger partial charge in [0.15, 0.2) is 6.10 Å². The molecule has 44 heavy (non-hydrogen) atoms. The van der Waals surface area contributed by atoms with E-state index in [9.17, 15) is 19.8 Å². The van der Waals surface area contributed by atoms with Crippen LogP contribution in [0.4, 0.5) is 0 Å². The Morgan fingerprint density at radius 1 is 0.636 bits per heavy atom. The minimum absolute atomic E-state index is 0.0296. The van der Waals surface area contributed by atoms with Crippen molar-refractivity contribution < 1.29 is 29.3 Å². The highest BCUT2D eigenvalue weighted by atomic mass is 16.6. The van der Waals surface area contributed by atoms with Crippen molar-refractivity contribution in [3.8, 4) is 0 Å². The summed E-state index contributed by atoms with van der Waals surface area (Å²) in [5, 5.41) is 19.6. The highest BCUT2D eigenvalue weighted by molar-refractivity contribution is 5.70. The van der Waals surface area contributed by atoms with E-state index in [1.165, 1.54) is 44.9 Å². The van der Waals surface area contributed by atoms with Crippen molar-refractivity contribution in [2.45, 2.75) is 142 Å². The van der Waals surface area contributed by atoms with E-state index in [2.05, 4.69) is 62.5 Å². The van der Waals surface area contributed by atoms with E-state index in [4.69, 9.17) is 9.47 Å². The van der Waals surface area contributed by atoms with Crippen LogP contribution in [-0.4, -0.2) is 47.6 Å². The maximum atomic E-state index is 12.1. The maximum Gasteiger partial charge on any atom is 0.306 e. The van der Waals surface area contributed by atoms with Gasteiger partial charge in [0.05, 0.1) is 12.7 Å². The Morgan fingerprint density at radius 2 is 1.16 bits per heavy atom. The monoisotopic (exact) mass is 614 g/mol. The molecule has 2 N–H and O–H groups in total. The summed E-state index contributed by atoms with van der Waals surface area (Å²) in [7, 11) is 0. The van der Waals surface area contributed by atoms with E-state index in [1.54, 1.807) is 12.2 Å². The predicted molar refractivity (Wildman–Crippen MR) is 183 cm³/mol. The van der Waals surface area contributed by atoms with Crippen LogP contribution in [0.3, 0.4) is 0 Å². The van der Waals surface area contributed by atoms with Crippen molar-refractivity contribution in [1.29, 1.82) is 0 Å². The molecule has 0 bridgehead atoms. The molecule has 6 heteroatoms. The van der Waals surface area contributed by atoms with E-state index < -0.39 is 24.8 Å². The minimum atomic E-state index is -0.866. The van der Waals surface area contributed by atoms with E-state index in [0.717, 1.165) is 51.4 Å². The van der Waals surface area contributed by atoms with E-state index >= 15 is 0 Å². The SMILES string of the molecule is CC/C=C\C/C=C\C/C=C\C/C=C\C/C=C\C=C/C(O)CCC(=O)OC[C@H](CO)OC(=O)CCCCCCCCCCCC. The molecule has 0 aliphatic rings. The Bertz CT molecular complexity index is 851. The molecule has 0 saturated carbocycles. The van der Waals surface area contributed by atoms with E-state index in [-0.39, 0.29) is 25.4 Å². The topological polar surface area (TPSA) is 93.1 Å². The van der Waals surface area contributed by atoms with Gasteiger partial charge in [-0.05, 0) is 44.9 Å². The van der Waals surface area contributed by atoms with Gasteiger partial charge in [-0.2, -0.15) is 0 Å². The number of carbonyl (C=O) groups is 2.